The summed E-state index contributed by atoms with van der Waals surface area (Å²) >= 11 is 0.846. The molecule has 0 amide bonds. The normalized spacial score (nSPS) is 11.9. The molecule has 10 heteroatoms. The average molecular weight is 312 g/mol. The topological polar surface area (TPSA) is 92.9 Å². The molecule has 110 valence electrons. The third-order valence-corrected chi connectivity index (χ3v) is 4.65. The molecule has 1 rings (SSSR count). The van der Waals surface area contributed by atoms with Crippen LogP contribution in [-0.4, -0.2) is 23.4 Å². The lowest BCUT2D eigenvalue weighted by Crippen LogP contribution is -1.97. The first-order valence-electron chi connectivity index (χ1n) is 5.81. The zero-order valence-electron chi connectivity index (χ0n) is 11.0. The molecular formula is C9H17N2O6PS. The molecule has 0 atom stereocenters. The molecule has 1 aromatic heterocycles. The Hall–Kier alpha value is -0.440. The molecule has 0 bridgehead atoms. The summed E-state index contributed by atoms with van der Waals surface area (Å²) in [5.74, 6) is 1.02. The van der Waals surface area contributed by atoms with Crippen LogP contribution >= 0.6 is 18.2 Å². The van der Waals surface area contributed by atoms with Gasteiger partial charge in [-0.25, -0.2) is 14.3 Å². The van der Waals surface area contributed by atoms with Crippen LogP contribution < -0.4 is 0 Å². The fraction of sp³-hybridized carbons (Fsp3) is 0.778. The van der Waals surface area contributed by atoms with E-state index in [1.165, 1.54) is 0 Å². The van der Waals surface area contributed by atoms with Crippen molar-refractivity contribution in [2.24, 2.45) is 0 Å². The van der Waals surface area contributed by atoms with Crippen molar-refractivity contribution in [3.05, 3.63) is 11.8 Å². The predicted molar refractivity (Wildman–Crippen MR) is 68.0 cm³/mol. The van der Waals surface area contributed by atoms with E-state index in [1.54, 1.807) is 13.8 Å². The van der Waals surface area contributed by atoms with Gasteiger partial charge in [-0.1, -0.05) is 6.92 Å². The van der Waals surface area contributed by atoms with Gasteiger partial charge in [0.15, 0.2) is 0 Å². The number of rotatable bonds is 10. The first kappa shape index (κ1) is 16.6. The molecule has 0 aliphatic heterocycles. The minimum atomic E-state index is -3.57. The second-order valence-electron chi connectivity index (χ2n) is 3.13. The van der Waals surface area contributed by atoms with Gasteiger partial charge >= 0.3 is 6.80 Å². The zero-order valence-corrected chi connectivity index (χ0v) is 12.7. The molecule has 0 radical (unpaired) electrons. The Labute approximate surface area is 115 Å². The van der Waals surface area contributed by atoms with Gasteiger partial charge in [-0.3, -0.25) is 0 Å². The molecule has 0 fully saturated rings. The van der Waals surface area contributed by atoms with E-state index < -0.39 is 6.80 Å². The van der Waals surface area contributed by atoms with Gasteiger partial charge in [0.2, 0.25) is 11.8 Å². The molecular weight excluding hydrogens is 295 g/mol. The van der Waals surface area contributed by atoms with Gasteiger partial charge in [0.05, 0.1) is 19.0 Å². The molecule has 1 aromatic rings. The SMILES string of the molecule is CCOOP(=O)(OOCC)SCc1nnc(CC)o1. The quantitative estimate of drug-likeness (QED) is 0.367. The van der Waals surface area contributed by atoms with Gasteiger partial charge in [-0.15, -0.1) is 19.5 Å². The summed E-state index contributed by atoms with van der Waals surface area (Å²) in [4.78, 5) is 9.31. The van der Waals surface area contributed by atoms with Gasteiger partial charge in [0.25, 0.3) is 0 Å². The van der Waals surface area contributed by atoms with Crippen molar-refractivity contribution in [1.29, 1.82) is 0 Å². The van der Waals surface area contributed by atoms with Crippen LogP contribution in [0.2, 0.25) is 0 Å². The number of aromatic nitrogens is 2. The molecule has 0 saturated heterocycles. The summed E-state index contributed by atoms with van der Waals surface area (Å²) < 4.78 is 26.9. The third kappa shape index (κ3) is 6.03. The molecule has 0 saturated carbocycles. The van der Waals surface area contributed by atoms with Crippen LogP contribution in [0.25, 0.3) is 0 Å². The van der Waals surface area contributed by atoms with Crippen molar-refractivity contribution >= 4 is 18.2 Å². The molecule has 0 aliphatic carbocycles. The Morgan fingerprint density at radius 2 is 1.68 bits per heavy atom. The molecule has 19 heavy (non-hydrogen) atoms. The van der Waals surface area contributed by atoms with Gasteiger partial charge in [-0.2, -0.15) is 0 Å². The van der Waals surface area contributed by atoms with Gasteiger partial charge in [0, 0.05) is 6.42 Å². The largest absolute Gasteiger partial charge is 0.443 e. The highest BCUT2D eigenvalue weighted by atomic mass is 32.7. The van der Waals surface area contributed by atoms with Crippen LogP contribution in [0.15, 0.2) is 4.42 Å². The number of aryl methyl sites for hydroxylation is 1. The molecule has 0 unspecified atom stereocenters. The van der Waals surface area contributed by atoms with Crippen LogP contribution in [0.4, 0.5) is 0 Å². The number of hydrogen-bond acceptors (Lipinski definition) is 9. The van der Waals surface area contributed by atoms with Crippen LogP contribution in [0, 0.1) is 0 Å². The Kier molecular flexibility index (Phi) is 7.59. The van der Waals surface area contributed by atoms with Crippen LogP contribution in [0.1, 0.15) is 32.6 Å². The first-order chi connectivity index (χ1) is 9.13. The van der Waals surface area contributed by atoms with Crippen LogP contribution in [0.5, 0.6) is 0 Å². The maximum absolute atomic E-state index is 12.2. The van der Waals surface area contributed by atoms with E-state index >= 15 is 0 Å². The standard InChI is InChI=1S/C9H17N2O6PS/c1-4-8-10-11-9(15-8)7-19-18(12,16-13-5-2)17-14-6-3/h4-7H2,1-3H3. The maximum atomic E-state index is 12.2. The summed E-state index contributed by atoms with van der Waals surface area (Å²) in [6, 6.07) is 0. The van der Waals surface area contributed by atoms with Gasteiger partial charge in [0.1, 0.15) is 0 Å². The highest BCUT2D eigenvalue weighted by molar-refractivity contribution is 8.54. The van der Waals surface area contributed by atoms with E-state index in [-0.39, 0.29) is 19.0 Å². The van der Waals surface area contributed by atoms with Crippen LogP contribution in [0.3, 0.4) is 0 Å². The lowest BCUT2D eigenvalue weighted by molar-refractivity contribution is -0.257. The van der Waals surface area contributed by atoms with Crippen molar-refractivity contribution in [3.63, 3.8) is 0 Å². The molecule has 8 nitrogen and oxygen atoms in total. The lowest BCUT2D eigenvalue weighted by Gasteiger charge is -2.13. The molecule has 0 N–H and O–H groups in total. The molecule has 0 spiro atoms. The highest BCUT2D eigenvalue weighted by Crippen LogP contribution is 2.61. The monoisotopic (exact) mass is 312 g/mol. The van der Waals surface area contributed by atoms with E-state index in [1.807, 2.05) is 6.92 Å². The zero-order chi connectivity index (χ0) is 14.1. The molecule has 1 heterocycles. The second kappa shape index (κ2) is 8.68. The minimum absolute atomic E-state index is 0.171. The van der Waals surface area contributed by atoms with E-state index in [2.05, 4.69) is 20.0 Å². The van der Waals surface area contributed by atoms with E-state index in [4.69, 9.17) is 13.8 Å². The van der Waals surface area contributed by atoms with Crippen LogP contribution in [-0.2, 0) is 35.9 Å². The summed E-state index contributed by atoms with van der Waals surface area (Å²) in [6.45, 7) is 2.19. The van der Waals surface area contributed by atoms with E-state index in [0.29, 0.717) is 18.2 Å². The smallest absolute Gasteiger partial charge is 0.424 e. The highest BCUT2D eigenvalue weighted by Gasteiger charge is 2.30. The lowest BCUT2D eigenvalue weighted by atomic mass is 10.5. The maximum Gasteiger partial charge on any atom is 0.443 e. The first-order valence-corrected chi connectivity index (χ1v) is 8.95. The number of hydrogen-bond donors (Lipinski definition) is 0. The fourth-order valence-corrected chi connectivity index (χ4v) is 3.20. The van der Waals surface area contributed by atoms with Crippen molar-refractivity contribution in [2.45, 2.75) is 32.9 Å². The molecule has 0 aromatic carbocycles. The summed E-state index contributed by atoms with van der Waals surface area (Å²) in [5.41, 5.74) is 0. The van der Waals surface area contributed by atoms with Gasteiger partial charge in [-0.05, 0) is 25.2 Å². The third-order valence-electron chi connectivity index (χ3n) is 1.68. The second-order valence-corrected chi connectivity index (χ2v) is 6.98. The fourth-order valence-electron chi connectivity index (χ4n) is 0.914. The summed E-state index contributed by atoms with van der Waals surface area (Å²) in [7, 11) is 0. The van der Waals surface area contributed by atoms with Crippen molar-refractivity contribution < 1.29 is 28.1 Å². The average Bonchev–Trinajstić information content (AvgIpc) is 2.89. The Morgan fingerprint density at radius 1 is 1.11 bits per heavy atom. The predicted octanol–water partition coefficient (Wildman–Crippen LogP) is 2.91. The van der Waals surface area contributed by atoms with E-state index in [9.17, 15) is 4.57 Å². The minimum Gasteiger partial charge on any atom is -0.424 e. The van der Waals surface area contributed by atoms with Crippen molar-refractivity contribution in [2.75, 3.05) is 13.2 Å². The van der Waals surface area contributed by atoms with Gasteiger partial charge < -0.3 is 4.42 Å². The van der Waals surface area contributed by atoms with E-state index in [0.717, 1.165) is 11.4 Å². The summed E-state index contributed by atoms with van der Waals surface area (Å²) in [5, 5.41) is 7.60. The number of nitrogens with zero attached hydrogens (tertiary/aromatic N) is 2. The summed E-state index contributed by atoms with van der Waals surface area (Å²) in [6.07, 6.45) is 0.639. The van der Waals surface area contributed by atoms with Crippen molar-refractivity contribution in [1.82, 2.24) is 10.2 Å². The molecule has 0 aliphatic rings. The van der Waals surface area contributed by atoms with Crippen molar-refractivity contribution in [3.8, 4) is 0 Å². The Bertz CT molecular complexity index is 403. The Balaban J connectivity index is 2.53. The Morgan fingerprint density at radius 3 is 2.16 bits per heavy atom.